The molecule has 0 amide bonds. The molecule has 0 heterocycles. The lowest BCUT2D eigenvalue weighted by Crippen LogP contribution is -2.14. The Hall–Kier alpha value is 0.577. The predicted octanol–water partition coefficient (Wildman–Crippen LogP) is 3.58. The molecule has 0 aliphatic rings. The smallest absolute Gasteiger partial charge is 0.198 e. The highest BCUT2D eigenvalue weighted by atomic mass is 35.8. The van der Waals surface area contributed by atoms with Gasteiger partial charge < -0.3 is 0 Å². The summed E-state index contributed by atoms with van der Waals surface area (Å²) in [6.45, 7) is 2.02. The maximum Gasteiger partial charge on any atom is 0.342 e. The number of hydrogen-bond donors (Lipinski definition) is 0. The number of rotatable bonds is 4. The maximum atomic E-state index is 8.62. The Labute approximate surface area is 82.4 Å². The van der Waals surface area contributed by atoms with Crippen LogP contribution in [0, 0.1) is 17.2 Å². The summed E-state index contributed by atoms with van der Waals surface area (Å²) in [5.74, 6) is -0.0702. The monoisotopic (exact) mass is 229 g/mol. The highest BCUT2D eigenvalue weighted by Crippen LogP contribution is 2.30. The molecule has 0 saturated carbocycles. The third kappa shape index (κ3) is 6.96. The lowest BCUT2D eigenvalue weighted by atomic mass is 10.1. The number of nitriles is 1. The van der Waals surface area contributed by atoms with E-state index in [1.165, 1.54) is 0 Å². The van der Waals surface area contributed by atoms with Crippen molar-refractivity contribution in [2.75, 3.05) is 0 Å². The minimum atomic E-state index is -2.58. The third-order valence-corrected chi connectivity index (χ3v) is 3.64. The van der Waals surface area contributed by atoms with Crippen LogP contribution in [0.25, 0.3) is 0 Å². The molecule has 0 aliphatic carbocycles. The SMILES string of the molecule is CCCC(C#N)C[Si](Cl)(Cl)Cl. The van der Waals surface area contributed by atoms with Gasteiger partial charge in [-0.15, -0.1) is 33.2 Å². The molecule has 0 N–H and O–H groups in total. The molecule has 0 fully saturated rings. The molecular weight excluding hydrogens is 221 g/mol. The number of halogens is 3. The quantitative estimate of drug-likeness (QED) is 0.535. The van der Waals surface area contributed by atoms with Crippen molar-refractivity contribution in [2.45, 2.75) is 25.8 Å². The van der Waals surface area contributed by atoms with Crippen LogP contribution in [-0.4, -0.2) is 6.00 Å². The van der Waals surface area contributed by atoms with E-state index in [-0.39, 0.29) is 5.92 Å². The average Bonchev–Trinajstić information content (AvgIpc) is 1.84. The summed E-state index contributed by atoms with van der Waals surface area (Å²) in [5.41, 5.74) is 0. The Morgan fingerprint density at radius 2 is 2.00 bits per heavy atom. The van der Waals surface area contributed by atoms with E-state index in [0.717, 1.165) is 12.8 Å². The molecule has 0 aromatic rings. The summed E-state index contributed by atoms with van der Waals surface area (Å²) in [4.78, 5) is 0. The van der Waals surface area contributed by atoms with Crippen molar-refractivity contribution >= 4 is 39.2 Å². The van der Waals surface area contributed by atoms with Gasteiger partial charge in [-0.05, 0) is 12.5 Å². The molecule has 0 aliphatic heterocycles. The zero-order valence-electron chi connectivity index (χ0n) is 6.28. The van der Waals surface area contributed by atoms with E-state index < -0.39 is 6.00 Å². The molecule has 5 heteroatoms. The molecule has 1 nitrogen and oxygen atoms in total. The van der Waals surface area contributed by atoms with E-state index in [2.05, 4.69) is 6.07 Å². The normalized spacial score (nSPS) is 14.1. The van der Waals surface area contributed by atoms with Gasteiger partial charge in [0.25, 0.3) is 0 Å². The van der Waals surface area contributed by atoms with Crippen LogP contribution in [-0.2, 0) is 0 Å². The zero-order valence-corrected chi connectivity index (χ0v) is 9.55. The summed E-state index contributed by atoms with van der Waals surface area (Å²) in [5, 5.41) is 8.62. The van der Waals surface area contributed by atoms with Crippen molar-refractivity contribution in [3.63, 3.8) is 0 Å². The minimum absolute atomic E-state index is 0.0702. The largest absolute Gasteiger partial charge is 0.342 e. The van der Waals surface area contributed by atoms with Crippen LogP contribution >= 0.6 is 33.2 Å². The molecule has 0 radical (unpaired) electrons. The number of hydrogen-bond acceptors (Lipinski definition) is 1. The molecule has 0 aromatic heterocycles. The van der Waals surface area contributed by atoms with Gasteiger partial charge in [0.05, 0.1) is 6.07 Å². The summed E-state index contributed by atoms with van der Waals surface area (Å²) < 4.78 is 0. The van der Waals surface area contributed by atoms with Crippen molar-refractivity contribution in [3.05, 3.63) is 0 Å². The van der Waals surface area contributed by atoms with Gasteiger partial charge in [-0.2, -0.15) is 5.26 Å². The van der Waals surface area contributed by atoms with Crippen molar-refractivity contribution in [3.8, 4) is 6.07 Å². The Kier molecular flexibility index (Phi) is 5.54. The van der Waals surface area contributed by atoms with E-state index >= 15 is 0 Å². The standard InChI is InChI=1S/C6H10Cl3NSi/c1-2-3-6(4-10)5-11(7,8)9/h6H,2-3,5H2,1H3. The molecular formula is C6H10Cl3NSi. The van der Waals surface area contributed by atoms with E-state index in [4.69, 9.17) is 38.5 Å². The van der Waals surface area contributed by atoms with Crippen molar-refractivity contribution in [2.24, 2.45) is 5.92 Å². The van der Waals surface area contributed by atoms with Gasteiger partial charge in [0.1, 0.15) is 0 Å². The first-order chi connectivity index (χ1) is 4.99. The van der Waals surface area contributed by atoms with Crippen LogP contribution in [0.1, 0.15) is 19.8 Å². The van der Waals surface area contributed by atoms with Gasteiger partial charge in [-0.1, -0.05) is 13.3 Å². The molecule has 0 rings (SSSR count). The molecule has 0 aromatic carbocycles. The zero-order chi connectivity index (χ0) is 8.91. The second-order valence-electron chi connectivity index (χ2n) is 2.43. The first kappa shape index (κ1) is 11.6. The second-order valence-corrected chi connectivity index (χ2v) is 11.6. The Morgan fingerprint density at radius 1 is 1.45 bits per heavy atom. The third-order valence-electron chi connectivity index (χ3n) is 1.30. The second kappa shape index (κ2) is 5.26. The molecule has 0 saturated heterocycles. The lowest BCUT2D eigenvalue weighted by molar-refractivity contribution is 0.643. The lowest BCUT2D eigenvalue weighted by Gasteiger charge is -2.11. The average molecular weight is 231 g/mol. The summed E-state index contributed by atoms with van der Waals surface area (Å²) in [7, 11) is 0. The first-order valence-electron chi connectivity index (χ1n) is 3.46. The molecule has 11 heavy (non-hydrogen) atoms. The molecule has 64 valence electrons. The van der Waals surface area contributed by atoms with Gasteiger partial charge in [-0.25, -0.2) is 0 Å². The molecule has 1 unspecified atom stereocenters. The van der Waals surface area contributed by atoms with Gasteiger partial charge in [0, 0.05) is 5.92 Å². The Morgan fingerprint density at radius 3 is 2.27 bits per heavy atom. The fraction of sp³-hybridized carbons (Fsp3) is 0.833. The fourth-order valence-corrected chi connectivity index (χ4v) is 3.37. The van der Waals surface area contributed by atoms with Gasteiger partial charge >= 0.3 is 6.00 Å². The van der Waals surface area contributed by atoms with Crippen molar-refractivity contribution in [1.29, 1.82) is 5.26 Å². The molecule has 1 atom stereocenters. The van der Waals surface area contributed by atoms with Gasteiger partial charge in [0.2, 0.25) is 0 Å². The van der Waals surface area contributed by atoms with Crippen LogP contribution in [0.2, 0.25) is 6.04 Å². The van der Waals surface area contributed by atoms with E-state index in [1.54, 1.807) is 0 Å². The highest BCUT2D eigenvalue weighted by molar-refractivity contribution is 7.64. The Balaban J connectivity index is 3.81. The molecule has 0 spiro atoms. The maximum absolute atomic E-state index is 8.62. The van der Waals surface area contributed by atoms with E-state index in [0.29, 0.717) is 6.04 Å². The van der Waals surface area contributed by atoms with Crippen LogP contribution in [0.4, 0.5) is 0 Å². The fourth-order valence-electron chi connectivity index (χ4n) is 0.840. The highest BCUT2D eigenvalue weighted by Gasteiger charge is 2.29. The van der Waals surface area contributed by atoms with E-state index in [9.17, 15) is 0 Å². The molecule has 0 bridgehead atoms. The van der Waals surface area contributed by atoms with Crippen LogP contribution in [0.5, 0.6) is 0 Å². The first-order valence-corrected chi connectivity index (χ1v) is 8.70. The van der Waals surface area contributed by atoms with Crippen LogP contribution in [0.15, 0.2) is 0 Å². The van der Waals surface area contributed by atoms with Crippen LogP contribution < -0.4 is 0 Å². The van der Waals surface area contributed by atoms with E-state index in [1.807, 2.05) is 6.92 Å². The van der Waals surface area contributed by atoms with Gasteiger partial charge in [-0.3, -0.25) is 0 Å². The predicted molar refractivity (Wildman–Crippen MR) is 52.1 cm³/mol. The number of nitrogens with zero attached hydrogens (tertiary/aromatic N) is 1. The minimum Gasteiger partial charge on any atom is -0.198 e. The summed E-state index contributed by atoms with van der Waals surface area (Å²) in [6, 6.07) is 0.0169. The summed E-state index contributed by atoms with van der Waals surface area (Å²) >= 11 is 17.0. The van der Waals surface area contributed by atoms with Gasteiger partial charge in [0.15, 0.2) is 0 Å². The van der Waals surface area contributed by atoms with Crippen molar-refractivity contribution < 1.29 is 0 Å². The summed E-state index contributed by atoms with van der Waals surface area (Å²) in [6.07, 6.45) is 1.80. The van der Waals surface area contributed by atoms with Crippen molar-refractivity contribution in [1.82, 2.24) is 0 Å². The topological polar surface area (TPSA) is 23.8 Å². The van der Waals surface area contributed by atoms with Crippen LogP contribution in [0.3, 0.4) is 0 Å². The Bertz CT molecular complexity index is 149.